The maximum absolute atomic E-state index is 11.0. The minimum atomic E-state index is -1.06. The van der Waals surface area contributed by atoms with Crippen LogP contribution in [0.25, 0.3) is 0 Å². The second-order valence-electron chi connectivity index (χ2n) is 4.82. The maximum Gasteiger partial charge on any atom is 0.358 e. The summed E-state index contributed by atoms with van der Waals surface area (Å²) in [4.78, 5) is 11.0. The van der Waals surface area contributed by atoms with Gasteiger partial charge >= 0.3 is 5.97 Å². The van der Waals surface area contributed by atoms with Crippen molar-refractivity contribution in [3.63, 3.8) is 0 Å². The van der Waals surface area contributed by atoms with E-state index in [0.29, 0.717) is 18.8 Å². The average molecular weight is 273 g/mol. The molecule has 1 aromatic carbocycles. The fourth-order valence-electron chi connectivity index (χ4n) is 2.52. The summed E-state index contributed by atoms with van der Waals surface area (Å²) in [5.41, 5.74) is 2.96. The van der Waals surface area contributed by atoms with Crippen molar-refractivity contribution in [3.05, 3.63) is 46.8 Å². The van der Waals surface area contributed by atoms with Crippen LogP contribution in [0.2, 0.25) is 0 Å². The van der Waals surface area contributed by atoms with Gasteiger partial charge in [-0.1, -0.05) is 29.5 Å². The third-order valence-corrected chi connectivity index (χ3v) is 3.62. The van der Waals surface area contributed by atoms with Crippen molar-refractivity contribution < 1.29 is 14.6 Å². The van der Waals surface area contributed by atoms with Crippen molar-refractivity contribution in [2.24, 2.45) is 0 Å². The largest absolute Gasteiger partial charge is 0.476 e. The topological polar surface area (TPSA) is 77.2 Å². The van der Waals surface area contributed by atoms with Gasteiger partial charge in [0.15, 0.2) is 5.69 Å². The SMILES string of the molecule is Cc1c(C(=O)O)nnn1CC1OCCc2ccccc21. The Hall–Kier alpha value is -2.21. The first-order valence-electron chi connectivity index (χ1n) is 6.49. The zero-order valence-corrected chi connectivity index (χ0v) is 11.1. The lowest BCUT2D eigenvalue weighted by Gasteiger charge is -2.26. The van der Waals surface area contributed by atoms with Gasteiger partial charge in [0, 0.05) is 0 Å². The number of hydrogen-bond donors (Lipinski definition) is 1. The number of hydrogen-bond acceptors (Lipinski definition) is 4. The van der Waals surface area contributed by atoms with Crippen LogP contribution in [0.3, 0.4) is 0 Å². The van der Waals surface area contributed by atoms with Gasteiger partial charge in [-0.05, 0) is 24.5 Å². The van der Waals surface area contributed by atoms with Crippen LogP contribution >= 0.6 is 0 Å². The Kier molecular flexibility index (Phi) is 3.23. The van der Waals surface area contributed by atoms with E-state index in [1.807, 2.05) is 18.2 Å². The highest BCUT2D eigenvalue weighted by atomic mass is 16.5. The van der Waals surface area contributed by atoms with Crippen molar-refractivity contribution in [1.82, 2.24) is 15.0 Å². The number of carbonyl (C=O) groups is 1. The van der Waals surface area contributed by atoms with E-state index in [4.69, 9.17) is 9.84 Å². The number of fused-ring (bicyclic) bond motifs is 1. The molecule has 2 aromatic rings. The molecule has 0 bridgehead atoms. The molecular formula is C14H15N3O3. The van der Waals surface area contributed by atoms with E-state index in [2.05, 4.69) is 16.4 Å². The number of nitrogens with zero attached hydrogens (tertiary/aromatic N) is 3. The Labute approximate surface area is 116 Å². The number of carboxylic acids is 1. The number of ether oxygens (including phenoxy) is 1. The van der Waals surface area contributed by atoms with Crippen LogP contribution < -0.4 is 0 Å². The van der Waals surface area contributed by atoms with E-state index in [9.17, 15) is 4.79 Å². The Morgan fingerprint density at radius 2 is 2.30 bits per heavy atom. The van der Waals surface area contributed by atoms with E-state index in [1.54, 1.807) is 11.6 Å². The van der Waals surface area contributed by atoms with Crippen molar-refractivity contribution in [2.75, 3.05) is 6.61 Å². The molecule has 1 aromatic heterocycles. The first-order chi connectivity index (χ1) is 9.66. The molecule has 0 radical (unpaired) electrons. The molecule has 1 aliphatic heterocycles. The number of aromatic carboxylic acids is 1. The van der Waals surface area contributed by atoms with Crippen LogP contribution in [0.15, 0.2) is 24.3 Å². The molecule has 6 nitrogen and oxygen atoms in total. The summed E-state index contributed by atoms with van der Waals surface area (Å²) in [6.07, 6.45) is 0.797. The quantitative estimate of drug-likeness (QED) is 0.919. The van der Waals surface area contributed by atoms with Gasteiger partial charge in [0.25, 0.3) is 0 Å². The maximum atomic E-state index is 11.0. The minimum Gasteiger partial charge on any atom is -0.476 e. The molecule has 6 heteroatoms. The Morgan fingerprint density at radius 3 is 3.05 bits per heavy atom. The number of carboxylic acid groups (broad SMARTS) is 1. The zero-order valence-electron chi connectivity index (χ0n) is 11.1. The average Bonchev–Trinajstić information content (AvgIpc) is 2.81. The number of rotatable bonds is 3. The Bertz CT molecular complexity index is 651. The summed E-state index contributed by atoms with van der Waals surface area (Å²) in [7, 11) is 0. The van der Waals surface area contributed by atoms with Gasteiger partial charge in [-0.25, -0.2) is 9.48 Å². The number of benzene rings is 1. The van der Waals surface area contributed by atoms with Crippen LogP contribution in [-0.4, -0.2) is 32.7 Å². The first-order valence-corrected chi connectivity index (χ1v) is 6.49. The fourth-order valence-corrected chi connectivity index (χ4v) is 2.52. The highest BCUT2D eigenvalue weighted by Gasteiger charge is 2.23. The molecule has 1 N–H and O–H groups in total. The molecule has 104 valence electrons. The van der Waals surface area contributed by atoms with E-state index in [1.165, 1.54) is 5.56 Å². The third-order valence-electron chi connectivity index (χ3n) is 3.62. The summed E-state index contributed by atoms with van der Waals surface area (Å²) in [5, 5.41) is 16.6. The van der Waals surface area contributed by atoms with Crippen molar-refractivity contribution >= 4 is 5.97 Å². The predicted octanol–water partition coefficient (Wildman–Crippen LogP) is 1.60. The molecule has 0 saturated heterocycles. The van der Waals surface area contributed by atoms with E-state index < -0.39 is 5.97 Å². The van der Waals surface area contributed by atoms with Gasteiger partial charge in [-0.15, -0.1) is 5.10 Å². The van der Waals surface area contributed by atoms with Crippen molar-refractivity contribution in [1.29, 1.82) is 0 Å². The fraction of sp³-hybridized carbons (Fsp3) is 0.357. The summed E-state index contributed by atoms with van der Waals surface area (Å²) >= 11 is 0. The molecule has 0 saturated carbocycles. The van der Waals surface area contributed by atoms with Gasteiger partial charge in [0.2, 0.25) is 0 Å². The summed E-state index contributed by atoms with van der Waals surface area (Å²) < 4.78 is 7.39. The zero-order chi connectivity index (χ0) is 14.1. The van der Waals surface area contributed by atoms with Crippen LogP contribution in [0.1, 0.15) is 33.4 Å². The minimum absolute atomic E-state index is 0.00547. The lowest BCUT2D eigenvalue weighted by atomic mass is 9.97. The second-order valence-corrected chi connectivity index (χ2v) is 4.82. The van der Waals surface area contributed by atoms with Gasteiger partial charge in [0.1, 0.15) is 6.10 Å². The Morgan fingerprint density at radius 1 is 1.50 bits per heavy atom. The highest BCUT2D eigenvalue weighted by Crippen LogP contribution is 2.28. The van der Waals surface area contributed by atoms with Crippen molar-refractivity contribution in [3.8, 4) is 0 Å². The summed E-state index contributed by atoms with van der Waals surface area (Å²) in [5.74, 6) is -1.06. The monoisotopic (exact) mass is 273 g/mol. The van der Waals surface area contributed by atoms with Gasteiger partial charge in [-0.3, -0.25) is 0 Å². The highest BCUT2D eigenvalue weighted by molar-refractivity contribution is 5.86. The molecule has 0 fully saturated rings. The smallest absolute Gasteiger partial charge is 0.358 e. The van der Waals surface area contributed by atoms with Crippen LogP contribution in [0.5, 0.6) is 0 Å². The lowest BCUT2D eigenvalue weighted by molar-refractivity contribution is 0.0275. The first kappa shape index (κ1) is 12.8. The lowest BCUT2D eigenvalue weighted by Crippen LogP contribution is -2.21. The van der Waals surface area contributed by atoms with E-state index >= 15 is 0 Å². The molecule has 3 rings (SSSR count). The van der Waals surface area contributed by atoms with Crippen LogP contribution in [0.4, 0.5) is 0 Å². The van der Waals surface area contributed by atoms with Crippen LogP contribution in [-0.2, 0) is 17.7 Å². The molecule has 0 amide bonds. The van der Waals surface area contributed by atoms with Gasteiger partial charge in [0.05, 0.1) is 18.8 Å². The van der Waals surface area contributed by atoms with Gasteiger partial charge < -0.3 is 9.84 Å². The van der Waals surface area contributed by atoms with Crippen LogP contribution in [0, 0.1) is 6.92 Å². The Balaban J connectivity index is 1.88. The number of aromatic nitrogens is 3. The predicted molar refractivity (Wildman–Crippen MR) is 70.6 cm³/mol. The molecule has 0 aliphatic carbocycles. The standard InChI is InChI=1S/C14H15N3O3/c1-9-13(14(18)19)15-16-17(9)8-12-11-5-3-2-4-10(11)6-7-20-12/h2-5,12H,6-8H2,1H3,(H,18,19). The molecule has 1 unspecified atom stereocenters. The normalized spacial score (nSPS) is 17.8. The van der Waals surface area contributed by atoms with Gasteiger partial charge in [-0.2, -0.15) is 0 Å². The molecule has 1 aliphatic rings. The van der Waals surface area contributed by atoms with E-state index in [-0.39, 0.29) is 11.8 Å². The summed E-state index contributed by atoms with van der Waals surface area (Å²) in [6.45, 7) is 2.85. The molecule has 2 heterocycles. The summed E-state index contributed by atoms with van der Waals surface area (Å²) in [6, 6.07) is 8.15. The second kappa shape index (κ2) is 5.05. The third kappa shape index (κ3) is 2.18. The van der Waals surface area contributed by atoms with Crippen molar-refractivity contribution in [2.45, 2.75) is 26.0 Å². The van der Waals surface area contributed by atoms with E-state index in [0.717, 1.165) is 12.0 Å². The molecule has 0 spiro atoms. The molecule has 20 heavy (non-hydrogen) atoms. The molecule has 1 atom stereocenters. The molecular weight excluding hydrogens is 258 g/mol.